The Kier molecular flexibility index (Phi) is 3.52. The number of amides is 1. The highest BCUT2D eigenvalue weighted by Gasteiger charge is 2.62. The minimum Gasteiger partial charge on any atom is -0.493 e. The molecule has 0 unspecified atom stereocenters. The number of allylic oxidation sites excluding steroid dienone is 1. The van der Waals surface area contributed by atoms with E-state index >= 15 is 0 Å². The lowest BCUT2D eigenvalue weighted by Crippen LogP contribution is -2.43. The molecule has 1 saturated heterocycles. The normalized spacial score (nSPS) is 27.1. The number of methoxy groups -OCH3 is 2. The Bertz CT molecular complexity index is 799. The van der Waals surface area contributed by atoms with Crippen LogP contribution < -0.4 is 9.47 Å². The first kappa shape index (κ1) is 16.0. The van der Waals surface area contributed by atoms with Gasteiger partial charge in [0.25, 0.3) is 5.91 Å². The molecule has 2 atom stereocenters. The van der Waals surface area contributed by atoms with E-state index in [4.69, 9.17) is 9.47 Å². The van der Waals surface area contributed by atoms with Crippen LogP contribution in [0.3, 0.4) is 0 Å². The first-order valence-corrected chi connectivity index (χ1v) is 8.54. The van der Waals surface area contributed by atoms with Gasteiger partial charge in [0, 0.05) is 12.1 Å². The zero-order chi connectivity index (χ0) is 17.8. The molecule has 0 saturated carbocycles. The number of benzene rings is 1. The molecule has 3 aliphatic rings. The molecule has 0 aromatic heterocycles. The minimum atomic E-state index is -1.16. The van der Waals surface area contributed by atoms with Gasteiger partial charge in [0.05, 0.1) is 20.3 Å². The van der Waals surface area contributed by atoms with Crippen molar-refractivity contribution in [1.82, 2.24) is 4.90 Å². The lowest BCUT2D eigenvalue weighted by molar-refractivity contribution is -0.149. The number of hydrogen-bond donors (Lipinski definition) is 1. The Morgan fingerprint density at radius 3 is 2.68 bits per heavy atom. The molecule has 1 aliphatic carbocycles. The number of fused-ring (bicyclic) bond motifs is 5. The maximum Gasteiger partial charge on any atom is 0.316 e. The molecular formula is C19H21NO5. The molecule has 1 fully saturated rings. The average Bonchev–Trinajstić information content (AvgIpc) is 2.91. The van der Waals surface area contributed by atoms with E-state index in [-0.39, 0.29) is 5.91 Å². The number of aliphatic carboxylic acids is 1. The largest absolute Gasteiger partial charge is 0.493 e. The lowest BCUT2D eigenvalue weighted by Gasteiger charge is -2.40. The highest BCUT2D eigenvalue weighted by atomic mass is 16.5. The fourth-order valence-corrected chi connectivity index (χ4v) is 4.70. The highest BCUT2D eigenvalue weighted by Crippen LogP contribution is 2.58. The topological polar surface area (TPSA) is 76.1 Å². The monoisotopic (exact) mass is 343 g/mol. The third-order valence-electron chi connectivity index (χ3n) is 5.82. The van der Waals surface area contributed by atoms with Crippen molar-refractivity contribution in [2.24, 2.45) is 5.41 Å². The number of carboxylic acids is 1. The number of hydrogen-bond acceptors (Lipinski definition) is 4. The summed E-state index contributed by atoms with van der Waals surface area (Å²) in [5.74, 6) is 0.140. The van der Waals surface area contributed by atoms with Crippen LogP contribution in [0.15, 0.2) is 23.8 Å². The van der Waals surface area contributed by atoms with E-state index in [1.807, 2.05) is 18.2 Å². The maximum atomic E-state index is 12.9. The summed E-state index contributed by atoms with van der Waals surface area (Å²) in [5.41, 5.74) is 1.19. The second-order valence-electron chi connectivity index (χ2n) is 6.84. The molecule has 25 heavy (non-hydrogen) atoms. The van der Waals surface area contributed by atoms with Crippen LogP contribution in [0.25, 0.3) is 0 Å². The van der Waals surface area contributed by atoms with Gasteiger partial charge >= 0.3 is 5.97 Å². The van der Waals surface area contributed by atoms with E-state index < -0.39 is 17.4 Å². The molecule has 0 spiro atoms. The quantitative estimate of drug-likeness (QED) is 0.911. The van der Waals surface area contributed by atoms with Crippen molar-refractivity contribution >= 4 is 11.9 Å². The Morgan fingerprint density at radius 2 is 2.00 bits per heavy atom. The van der Waals surface area contributed by atoms with Crippen molar-refractivity contribution in [2.75, 3.05) is 20.8 Å². The summed E-state index contributed by atoms with van der Waals surface area (Å²) in [4.78, 5) is 27.0. The van der Waals surface area contributed by atoms with Crippen molar-refractivity contribution in [3.63, 3.8) is 0 Å². The van der Waals surface area contributed by atoms with E-state index in [0.717, 1.165) is 24.0 Å². The van der Waals surface area contributed by atoms with Crippen LogP contribution in [0, 0.1) is 5.41 Å². The van der Waals surface area contributed by atoms with Crippen LogP contribution in [0.5, 0.6) is 11.5 Å². The van der Waals surface area contributed by atoms with Crippen molar-refractivity contribution < 1.29 is 24.2 Å². The Hall–Kier alpha value is -2.50. The van der Waals surface area contributed by atoms with Gasteiger partial charge in [-0.15, -0.1) is 0 Å². The summed E-state index contributed by atoms with van der Waals surface area (Å²) in [6.07, 6.45) is 4.53. The first-order valence-electron chi connectivity index (χ1n) is 8.54. The molecule has 132 valence electrons. The van der Waals surface area contributed by atoms with Crippen LogP contribution in [0.4, 0.5) is 0 Å². The summed E-state index contributed by atoms with van der Waals surface area (Å²) in [6.45, 7) is 0.526. The third kappa shape index (κ3) is 1.97. The highest BCUT2D eigenvalue weighted by molar-refractivity contribution is 6.05. The van der Waals surface area contributed by atoms with Gasteiger partial charge in [0.1, 0.15) is 5.41 Å². The molecule has 1 aromatic carbocycles. The zero-order valence-corrected chi connectivity index (χ0v) is 14.4. The smallest absolute Gasteiger partial charge is 0.316 e. The summed E-state index contributed by atoms with van der Waals surface area (Å²) < 4.78 is 10.8. The fourth-order valence-electron chi connectivity index (χ4n) is 4.70. The van der Waals surface area contributed by atoms with E-state index in [1.54, 1.807) is 19.1 Å². The SMILES string of the molecule is COc1cc2c(cc1OC)[C@@H]1N(CC2)C(=O)C2=CCCC[C@@]21C(=O)O. The van der Waals surface area contributed by atoms with Gasteiger partial charge < -0.3 is 19.5 Å². The first-order chi connectivity index (χ1) is 12.0. The second kappa shape index (κ2) is 5.51. The Labute approximate surface area is 146 Å². The van der Waals surface area contributed by atoms with Gasteiger partial charge in [-0.3, -0.25) is 9.59 Å². The summed E-state index contributed by atoms with van der Waals surface area (Å²) >= 11 is 0. The van der Waals surface area contributed by atoms with Crippen LogP contribution in [0.1, 0.15) is 36.4 Å². The summed E-state index contributed by atoms with van der Waals surface area (Å²) in [6, 6.07) is 3.28. The standard InChI is InChI=1S/C19H21NO5/c1-24-14-9-11-6-8-20-16(12(11)10-15(14)25-2)19(18(22)23)7-4-3-5-13(19)17(20)21/h5,9-10,16H,3-4,6-8H2,1-2H3,(H,22,23)/t16-,19+/m0/s1. The fraction of sp³-hybridized carbons (Fsp3) is 0.474. The minimum absolute atomic E-state index is 0.132. The molecule has 6 heteroatoms. The van der Waals surface area contributed by atoms with Crippen molar-refractivity contribution in [2.45, 2.75) is 31.7 Å². The zero-order valence-electron chi connectivity index (χ0n) is 14.4. The van der Waals surface area contributed by atoms with Gasteiger partial charge in [0.15, 0.2) is 11.5 Å². The van der Waals surface area contributed by atoms with Crippen molar-refractivity contribution in [1.29, 1.82) is 0 Å². The van der Waals surface area contributed by atoms with E-state index in [1.165, 1.54) is 0 Å². The molecule has 6 nitrogen and oxygen atoms in total. The summed E-state index contributed by atoms with van der Waals surface area (Å²) in [5, 5.41) is 10.1. The van der Waals surface area contributed by atoms with Gasteiger partial charge in [-0.05, 0) is 48.9 Å². The predicted octanol–water partition coefficient (Wildman–Crippen LogP) is 2.32. The number of carboxylic acid groups (broad SMARTS) is 1. The number of nitrogens with zero attached hydrogens (tertiary/aromatic N) is 1. The summed E-state index contributed by atoms with van der Waals surface area (Å²) in [7, 11) is 3.14. The Morgan fingerprint density at radius 1 is 1.28 bits per heavy atom. The van der Waals surface area contributed by atoms with Crippen LogP contribution >= 0.6 is 0 Å². The van der Waals surface area contributed by atoms with Crippen LogP contribution in [-0.2, 0) is 16.0 Å². The molecule has 1 N–H and O–H groups in total. The molecule has 1 amide bonds. The second-order valence-corrected chi connectivity index (χ2v) is 6.84. The van der Waals surface area contributed by atoms with Crippen molar-refractivity contribution in [3.05, 3.63) is 34.9 Å². The predicted molar refractivity (Wildman–Crippen MR) is 89.7 cm³/mol. The van der Waals surface area contributed by atoms with E-state index in [0.29, 0.717) is 36.5 Å². The van der Waals surface area contributed by atoms with Gasteiger partial charge in [-0.2, -0.15) is 0 Å². The van der Waals surface area contributed by atoms with E-state index in [2.05, 4.69) is 0 Å². The van der Waals surface area contributed by atoms with Gasteiger partial charge in [0.2, 0.25) is 0 Å². The number of ether oxygens (including phenoxy) is 2. The molecule has 0 radical (unpaired) electrons. The van der Waals surface area contributed by atoms with Crippen molar-refractivity contribution in [3.8, 4) is 11.5 Å². The van der Waals surface area contributed by atoms with Crippen LogP contribution in [0.2, 0.25) is 0 Å². The van der Waals surface area contributed by atoms with Gasteiger partial charge in [-0.1, -0.05) is 6.08 Å². The molecule has 0 bridgehead atoms. The van der Waals surface area contributed by atoms with E-state index in [9.17, 15) is 14.7 Å². The maximum absolute atomic E-state index is 12.9. The molecule has 2 heterocycles. The average molecular weight is 343 g/mol. The number of carbonyl (C=O) groups is 2. The third-order valence-corrected chi connectivity index (χ3v) is 5.82. The Balaban J connectivity index is 1.95. The molecular weight excluding hydrogens is 322 g/mol. The lowest BCUT2D eigenvalue weighted by atomic mass is 9.67. The molecule has 1 aromatic rings. The van der Waals surface area contributed by atoms with Gasteiger partial charge in [-0.25, -0.2) is 0 Å². The van der Waals surface area contributed by atoms with Crippen LogP contribution in [-0.4, -0.2) is 42.6 Å². The number of rotatable bonds is 3. The number of carbonyl (C=O) groups excluding carboxylic acids is 1. The molecule has 2 aliphatic heterocycles. The molecule has 4 rings (SSSR count).